The van der Waals surface area contributed by atoms with Crippen molar-refractivity contribution >= 4 is 5.95 Å². The zero-order chi connectivity index (χ0) is 14.4. The summed E-state index contributed by atoms with van der Waals surface area (Å²) in [6.45, 7) is 9.58. The van der Waals surface area contributed by atoms with E-state index in [1.54, 1.807) is 0 Å². The molecule has 1 unspecified atom stereocenters. The summed E-state index contributed by atoms with van der Waals surface area (Å²) in [7, 11) is 0. The van der Waals surface area contributed by atoms with Crippen molar-refractivity contribution in [3.63, 3.8) is 0 Å². The number of hydrogen-bond acceptors (Lipinski definition) is 5. The fraction of sp³-hybridized carbons (Fsp3) is 0.800. The van der Waals surface area contributed by atoms with Gasteiger partial charge in [0.05, 0.1) is 11.4 Å². The van der Waals surface area contributed by atoms with Crippen LogP contribution >= 0.6 is 0 Å². The lowest BCUT2D eigenvalue weighted by Crippen LogP contribution is -2.46. The van der Waals surface area contributed by atoms with Crippen molar-refractivity contribution in [3.8, 4) is 0 Å². The van der Waals surface area contributed by atoms with Crippen LogP contribution in [0.4, 0.5) is 5.95 Å². The van der Waals surface area contributed by atoms with Crippen LogP contribution in [0.2, 0.25) is 0 Å². The highest BCUT2D eigenvalue weighted by Gasteiger charge is 2.22. The highest BCUT2D eigenvalue weighted by molar-refractivity contribution is 5.31. The average molecular weight is 277 g/mol. The third-order valence-corrected chi connectivity index (χ3v) is 3.89. The maximum atomic E-state index is 4.72. The Bertz CT molecular complexity index is 421. The Hall–Kier alpha value is -1.23. The molecule has 20 heavy (non-hydrogen) atoms. The standard InChI is InChI=1S/C15H27N5/c1-4-9-16-12-8-7-10-20(11-12)15-17-13(5-2)14(6-3)18-19-15/h12,16H,4-11H2,1-3H3. The van der Waals surface area contributed by atoms with Crippen LogP contribution < -0.4 is 10.2 Å². The van der Waals surface area contributed by atoms with Crippen LogP contribution in [0.25, 0.3) is 0 Å². The minimum Gasteiger partial charge on any atom is -0.338 e. The second-order valence-corrected chi connectivity index (χ2v) is 5.45. The SMILES string of the molecule is CCCNC1CCCN(c2nnc(CC)c(CC)n2)C1. The summed E-state index contributed by atoms with van der Waals surface area (Å²) in [5.41, 5.74) is 2.13. The van der Waals surface area contributed by atoms with E-state index in [1.165, 1.54) is 19.3 Å². The minimum absolute atomic E-state index is 0.559. The number of nitrogens with zero attached hydrogens (tertiary/aromatic N) is 4. The van der Waals surface area contributed by atoms with Gasteiger partial charge < -0.3 is 10.2 Å². The summed E-state index contributed by atoms with van der Waals surface area (Å²) in [4.78, 5) is 7.01. The van der Waals surface area contributed by atoms with Gasteiger partial charge in [0, 0.05) is 19.1 Å². The quantitative estimate of drug-likeness (QED) is 0.861. The molecule has 2 heterocycles. The molecular formula is C15H27N5. The van der Waals surface area contributed by atoms with Crippen molar-refractivity contribution in [2.24, 2.45) is 0 Å². The molecule has 0 aliphatic carbocycles. The zero-order valence-electron chi connectivity index (χ0n) is 13.0. The third kappa shape index (κ3) is 3.66. The van der Waals surface area contributed by atoms with Gasteiger partial charge in [-0.05, 0) is 38.6 Å². The fourth-order valence-electron chi connectivity index (χ4n) is 2.74. The molecule has 2 rings (SSSR count). The first-order valence-electron chi connectivity index (χ1n) is 7.99. The van der Waals surface area contributed by atoms with Crippen molar-refractivity contribution in [2.75, 3.05) is 24.5 Å². The molecule has 1 aliphatic heterocycles. The largest absolute Gasteiger partial charge is 0.338 e. The van der Waals surface area contributed by atoms with Crippen LogP contribution in [0.1, 0.15) is 51.4 Å². The van der Waals surface area contributed by atoms with Crippen LogP contribution in [-0.2, 0) is 12.8 Å². The van der Waals surface area contributed by atoms with E-state index in [2.05, 4.69) is 41.2 Å². The Balaban J connectivity index is 2.06. The summed E-state index contributed by atoms with van der Waals surface area (Å²) in [5, 5.41) is 12.3. The highest BCUT2D eigenvalue weighted by Crippen LogP contribution is 2.17. The number of rotatable bonds is 6. The van der Waals surface area contributed by atoms with Gasteiger partial charge in [-0.1, -0.05) is 20.8 Å². The Morgan fingerprint density at radius 2 is 1.95 bits per heavy atom. The van der Waals surface area contributed by atoms with Gasteiger partial charge in [0.1, 0.15) is 0 Å². The normalized spacial score (nSPS) is 19.4. The van der Waals surface area contributed by atoms with Crippen molar-refractivity contribution in [3.05, 3.63) is 11.4 Å². The molecule has 0 amide bonds. The van der Waals surface area contributed by atoms with Crippen molar-refractivity contribution in [1.82, 2.24) is 20.5 Å². The van der Waals surface area contributed by atoms with Crippen LogP contribution in [0.15, 0.2) is 0 Å². The highest BCUT2D eigenvalue weighted by atomic mass is 15.3. The molecule has 1 aliphatic rings. The lowest BCUT2D eigenvalue weighted by atomic mass is 10.1. The van der Waals surface area contributed by atoms with Crippen molar-refractivity contribution in [2.45, 2.75) is 58.9 Å². The van der Waals surface area contributed by atoms with E-state index in [-0.39, 0.29) is 0 Å². The fourth-order valence-corrected chi connectivity index (χ4v) is 2.74. The summed E-state index contributed by atoms with van der Waals surface area (Å²) in [5.74, 6) is 0.807. The lowest BCUT2D eigenvalue weighted by Gasteiger charge is -2.33. The second-order valence-electron chi connectivity index (χ2n) is 5.45. The molecule has 5 nitrogen and oxygen atoms in total. The number of aromatic nitrogens is 3. The molecule has 0 radical (unpaired) electrons. The van der Waals surface area contributed by atoms with Crippen LogP contribution in [0.3, 0.4) is 0 Å². The molecule has 0 bridgehead atoms. The molecule has 1 fully saturated rings. The molecule has 1 saturated heterocycles. The summed E-state index contributed by atoms with van der Waals surface area (Å²) in [6.07, 6.45) is 5.46. The Labute approximate surface area is 122 Å². The summed E-state index contributed by atoms with van der Waals surface area (Å²) >= 11 is 0. The summed E-state index contributed by atoms with van der Waals surface area (Å²) < 4.78 is 0. The smallest absolute Gasteiger partial charge is 0.245 e. The first-order chi connectivity index (χ1) is 9.78. The maximum absolute atomic E-state index is 4.72. The topological polar surface area (TPSA) is 53.9 Å². The Morgan fingerprint density at radius 1 is 1.15 bits per heavy atom. The third-order valence-electron chi connectivity index (χ3n) is 3.89. The van der Waals surface area contributed by atoms with E-state index in [0.29, 0.717) is 6.04 Å². The van der Waals surface area contributed by atoms with Crippen LogP contribution in [0.5, 0.6) is 0 Å². The predicted molar refractivity (Wildman–Crippen MR) is 82.1 cm³/mol. The first kappa shape index (κ1) is 15.2. The van der Waals surface area contributed by atoms with E-state index >= 15 is 0 Å². The molecule has 0 spiro atoms. The van der Waals surface area contributed by atoms with E-state index < -0.39 is 0 Å². The molecule has 1 N–H and O–H groups in total. The number of nitrogens with one attached hydrogen (secondary N) is 1. The van der Waals surface area contributed by atoms with Crippen LogP contribution in [0, 0.1) is 0 Å². The van der Waals surface area contributed by atoms with E-state index in [1.807, 2.05) is 0 Å². The maximum Gasteiger partial charge on any atom is 0.245 e. The molecule has 1 atom stereocenters. The first-order valence-corrected chi connectivity index (χ1v) is 7.99. The van der Waals surface area contributed by atoms with Crippen molar-refractivity contribution in [1.29, 1.82) is 0 Å². The van der Waals surface area contributed by atoms with Gasteiger partial charge >= 0.3 is 0 Å². The molecule has 1 aromatic rings. The van der Waals surface area contributed by atoms with Gasteiger partial charge in [0.25, 0.3) is 0 Å². The number of aryl methyl sites for hydroxylation is 2. The number of anilines is 1. The van der Waals surface area contributed by atoms with E-state index in [0.717, 1.165) is 49.8 Å². The van der Waals surface area contributed by atoms with Gasteiger partial charge in [-0.2, -0.15) is 5.10 Å². The van der Waals surface area contributed by atoms with Crippen molar-refractivity contribution < 1.29 is 0 Å². The Kier molecular flexibility index (Phi) is 5.71. The molecular weight excluding hydrogens is 250 g/mol. The minimum atomic E-state index is 0.559. The van der Waals surface area contributed by atoms with Gasteiger partial charge in [0.15, 0.2) is 0 Å². The van der Waals surface area contributed by atoms with Gasteiger partial charge in [-0.25, -0.2) is 4.98 Å². The molecule has 0 aromatic carbocycles. The van der Waals surface area contributed by atoms with Gasteiger partial charge in [-0.3, -0.25) is 0 Å². The molecule has 112 valence electrons. The number of piperidine rings is 1. The predicted octanol–water partition coefficient (Wildman–Crippen LogP) is 1.96. The molecule has 5 heteroatoms. The zero-order valence-corrected chi connectivity index (χ0v) is 13.0. The van der Waals surface area contributed by atoms with Gasteiger partial charge in [0.2, 0.25) is 5.95 Å². The number of hydrogen-bond donors (Lipinski definition) is 1. The second kappa shape index (κ2) is 7.53. The lowest BCUT2D eigenvalue weighted by molar-refractivity contribution is 0.418. The molecule has 0 saturated carbocycles. The summed E-state index contributed by atoms with van der Waals surface area (Å²) in [6, 6.07) is 0.559. The monoisotopic (exact) mass is 277 g/mol. The van der Waals surface area contributed by atoms with E-state index in [9.17, 15) is 0 Å². The van der Waals surface area contributed by atoms with E-state index in [4.69, 9.17) is 4.98 Å². The van der Waals surface area contributed by atoms with Crippen LogP contribution in [-0.4, -0.2) is 40.9 Å². The average Bonchev–Trinajstić information content (AvgIpc) is 2.52. The molecule has 1 aromatic heterocycles. The Morgan fingerprint density at radius 3 is 2.65 bits per heavy atom. The van der Waals surface area contributed by atoms with Gasteiger partial charge in [-0.15, -0.1) is 5.10 Å².